The Morgan fingerprint density at radius 1 is 1.20 bits per heavy atom. The van der Waals surface area contributed by atoms with Crippen LogP contribution in [0.4, 0.5) is 18.9 Å². The van der Waals surface area contributed by atoms with Gasteiger partial charge in [-0.15, -0.1) is 11.3 Å². The van der Waals surface area contributed by atoms with Crippen LogP contribution in [0.2, 0.25) is 0 Å². The number of fused-ring (bicyclic) bond motifs is 2. The molecule has 0 radical (unpaired) electrons. The Balaban J connectivity index is 1.52. The summed E-state index contributed by atoms with van der Waals surface area (Å²) in [6, 6.07) is 8.28. The van der Waals surface area contributed by atoms with Crippen molar-refractivity contribution in [2.45, 2.75) is 12.6 Å². The number of halogens is 3. The number of hydrogen-bond donors (Lipinski definition) is 1. The van der Waals surface area contributed by atoms with Crippen LogP contribution in [-0.4, -0.2) is 27.3 Å². The minimum Gasteiger partial charge on any atom is -0.441 e. The molecule has 0 unspecified atom stereocenters. The summed E-state index contributed by atoms with van der Waals surface area (Å²) in [5.74, 6) is -0.249. The fourth-order valence-electron chi connectivity index (χ4n) is 2.80. The molecule has 8 nitrogen and oxygen atoms in total. The van der Waals surface area contributed by atoms with E-state index < -0.39 is 28.3 Å². The molecule has 4 rings (SSSR count). The van der Waals surface area contributed by atoms with E-state index >= 15 is 0 Å². The van der Waals surface area contributed by atoms with Crippen LogP contribution in [0.3, 0.4) is 0 Å². The third-order valence-corrected chi connectivity index (χ3v) is 5.24. The van der Waals surface area contributed by atoms with Crippen molar-refractivity contribution in [2.75, 3.05) is 6.54 Å². The van der Waals surface area contributed by atoms with E-state index in [0.717, 1.165) is 0 Å². The van der Waals surface area contributed by atoms with Crippen LogP contribution in [0.25, 0.3) is 21.3 Å². The number of nitrogens with zero attached hydrogens (tertiary/aromatic N) is 3. The van der Waals surface area contributed by atoms with E-state index in [2.05, 4.69) is 15.3 Å². The van der Waals surface area contributed by atoms with Crippen LogP contribution >= 0.6 is 11.3 Å². The lowest BCUT2D eigenvalue weighted by Gasteiger charge is -2.05. The first kappa shape index (κ1) is 19.8. The van der Waals surface area contributed by atoms with E-state index in [1.165, 1.54) is 0 Å². The molecule has 0 aliphatic heterocycles. The van der Waals surface area contributed by atoms with E-state index in [1.54, 1.807) is 18.2 Å². The van der Waals surface area contributed by atoms with Crippen molar-refractivity contribution in [2.24, 2.45) is 0 Å². The second-order valence-electron chi connectivity index (χ2n) is 6.20. The zero-order valence-electron chi connectivity index (χ0n) is 14.9. The summed E-state index contributed by atoms with van der Waals surface area (Å²) in [5, 5.41) is 13.6. The highest BCUT2D eigenvalue weighted by molar-refractivity contribution is 7.20. The number of carbonyl (C=O) groups is 1. The van der Waals surface area contributed by atoms with Crippen molar-refractivity contribution in [3.8, 4) is 0 Å². The maximum absolute atomic E-state index is 13.0. The maximum Gasteiger partial charge on any atom is 0.416 e. The number of hydrogen-bond acceptors (Lipinski definition) is 7. The van der Waals surface area contributed by atoms with Crippen LogP contribution in [0.5, 0.6) is 0 Å². The minimum atomic E-state index is -4.77. The summed E-state index contributed by atoms with van der Waals surface area (Å²) in [4.78, 5) is 30.7. The first-order valence-electron chi connectivity index (χ1n) is 8.51. The first-order valence-corrected chi connectivity index (χ1v) is 9.33. The standard InChI is InChI=1S/C18H11F3N4O4S/c19-18(20,21)9-7-11-15(12(8-9)25(27)28)30-17(24-11)16(26)22-6-5-14-23-10-3-1-2-4-13(10)29-14/h1-4,7-8H,5-6H2,(H,22,26). The molecule has 154 valence electrons. The molecule has 1 N–H and O–H groups in total. The average molecular weight is 436 g/mol. The van der Waals surface area contributed by atoms with Gasteiger partial charge in [-0.05, 0) is 18.2 Å². The molecule has 30 heavy (non-hydrogen) atoms. The Morgan fingerprint density at radius 3 is 2.67 bits per heavy atom. The first-order chi connectivity index (χ1) is 14.2. The molecule has 0 saturated carbocycles. The Labute approximate surface area is 169 Å². The van der Waals surface area contributed by atoms with Crippen LogP contribution in [0.1, 0.15) is 21.3 Å². The molecule has 0 fully saturated rings. The number of thiazole rings is 1. The lowest BCUT2D eigenvalue weighted by Crippen LogP contribution is -2.25. The highest BCUT2D eigenvalue weighted by Gasteiger charge is 2.34. The summed E-state index contributed by atoms with van der Waals surface area (Å²) in [7, 11) is 0. The number of benzene rings is 2. The number of rotatable bonds is 5. The number of carbonyl (C=O) groups excluding carboxylic acids is 1. The largest absolute Gasteiger partial charge is 0.441 e. The number of aromatic nitrogens is 2. The van der Waals surface area contributed by atoms with E-state index in [1.807, 2.05) is 6.07 Å². The number of amides is 1. The minimum absolute atomic E-state index is 0.0999. The summed E-state index contributed by atoms with van der Waals surface area (Å²) in [6.07, 6.45) is -4.49. The fraction of sp³-hybridized carbons (Fsp3) is 0.167. The van der Waals surface area contributed by atoms with Crippen molar-refractivity contribution in [1.82, 2.24) is 15.3 Å². The van der Waals surface area contributed by atoms with Gasteiger partial charge in [0.25, 0.3) is 11.6 Å². The van der Waals surface area contributed by atoms with E-state index in [-0.39, 0.29) is 28.2 Å². The van der Waals surface area contributed by atoms with Gasteiger partial charge in [0.2, 0.25) is 0 Å². The monoisotopic (exact) mass is 436 g/mol. The highest BCUT2D eigenvalue weighted by Crippen LogP contribution is 2.38. The Kier molecular flexibility index (Phi) is 4.86. The fourth-order valence-corrected chi connectivity index (χ4v) is 3.75. The van der Waals surface area contributed by atoms with E-state index in [9.17, 15) is 28.1 Å². The number of oxazole rings is 1. The van der Waals surface area contributed by atoms with Gasteiger partial charge in [-0.3, -0.25) is 14.9 Å². The van der Waals surface area contributed by atoms with Crippen LogP contribution < -0.4 is 5.32 Å². The van der Waals surface area contributed by atoms with Crippen molar-refractivity contribution in [3.63, 3.8) is 0 Å². The Morgan fingerprint density at radius 2 is 1.97 bits per heavy atom. The highest BCUT2D eigenvalue weighted by atomic mass is 32.1. The van der Waals surface area contributed by atoms with E-state index in [4.69, 9.17) is 4.42 Å². The second-order valence-corrected chi connectivity index (χ2v) is 7.20. The Hall–Kier alpha value is -3.54. The van der Waals surface area contributed by atoms with Crippen molar-refractivity contribution in [1.29, 1.82) is 0 Å². The van der Waals surface area contributed by atoms with Crippen LogP contribution in [0, 0.1) is 10.1 Å². The number of para-hydroxylation sites is 2. The number of alkyl halides is 3. The number of nitro benzene ring substituents is 1. The van der Waals surface area contributed by atoms with Gasteiger partial charge in [-0.25, -0.2) is 9.97 Å². The smallest absolute Gasteiger partial charge is 0.416 e. The molecular formula is C18H11F3N4O4S. The van der Waals surface area contributed by atoms with Gasteiger partial charge in [-0.1, -0.05) is 12.1 Å². The van der Waals surface area contributed by atoms with Gasteiger partial charge >= 0.3 is 6.18 Å². The third-order valence-electron chi connectivity index (χ3n) is 4.15. The third kappa shape index (κ3) is 3.81. The zero-order valence-corrected chi connectivity index (χ0v) is 15.7. The van der Waals surface area contributed by atoms with Crippen molar-refractivity contribution in [3.05, 3.63) is 63.0 Å². The molecular weight excluding hydrogens is 425 g/mol. The lowest BCUT2D eigenvalue weighted by molar-refractivity contribution is -0.383. The van der Waals surface area contributed by atoms with Crippen molar-refractivity contribution >= 4 is 44.2 Å². The Bertz CT molecular complexity index is 1250. The topological polar surface area (TPSA) is 111 Å². The zero-order chi connectivity index (χ0) is 21.5. The van der Waals surface area contributed by atoms with Gasteiger partial charge in [0.1, 0.15) is 10.2 Å². The summed E-state index contributed by atoms with van der Waals surface area (Å²) >= 11 is 0.658. The maximum atomic E-state index is 13.0. The van der Waals surface area contributed by atoms with Gasteiger partial charge in [0.05, 0.1) is 16.0 Å². The SMILES string of the molecule is O=C(NCCc1nc2ccccc2o1)c1nc2cc(C(F)(F)F)cc([N+](=O)[O-])c2s1. The molecule has 0 aliphatic rings. The van der Waals surface area contributed by atoms with Crippen LogP contribution in [0.15, 0.2) is 40.8 Å². The number of non-ortho nitro benzene ring substituents is 1. The van der Waals surface area contributed by atoms with Crippen LogP contribution in [-0.2, 0) is 12.6 Å². The predicted molar refractivity (Wildman–Crippen MR) is 101 cm³/mol. The quantitative estimate of drug-likeness (QED) is 0.368. The molecule has 0 atom stereocenters. The second kappa shape index (κ2) is 7.37. The van der Waals surface area contributed by atoms with Gasteiger partial charge in [0.15, 0.2) is 16.5 Å². The summed E-state index contributed by atoms with van der Waals surface area (Å²) < 4.78 is 44.4. The van der Waals surface area contributed by atoms with Gasteiger partial charge < -0.3 is 9.73 Å². The molecule has 2 aromatic carbocycles. The molecule has 0 bridgehead atoms. The molecule has 0 spiro atoms. The number of nitro groups is 1. The predicted octanol–water partition coefficient (Wildman–Crippen LogP) is 4.34. The molecule has 2 heterocycles. The summed E-state index contributed by atoms with van der Waals surface area (Å²) in [5.41, 5.74) is -0.918. The summed E-state index contributed by atoms with van der Waals surface area (Å²) in [6.45, 7) is 0.136. The molecule has 2 aromatic heterocycles. The van der Waals surface area contributed by atoms with E-state index in [0.29, 0.717) is 40.5 Å². The lowest BCUT2D eigenvalue weighted by atomic mass is 10.2. The van der Waals surface area contributed by atoms with Gasteiger partial charge in [0, 0.05) is 19.0 Å². The van der Waals surface area contributed by atoms with Crippen molar-refractivity contribution < 1.29 is 27.3 Å². The molecule has 1 amide bonds. The molecule has 12 heteroatoms. The number of nitrogens with one attached hydrogen (secondary N) is 1. The molecule has 4 aromatic rings. The normalized spacial score (nSPS) is 11.8. The van der Waals surface area contributed by atoms with Gasteiger partial charge in [-0.2, -0.15) is 13.2 Å². The average Bonchev–Trinajstić information content (AvgIpc) is 3.29. The molecule has 0 saturated heterocycles. The molecule has 0 aliphatic carbocycles.